The van der Waals surface area contributed by atoms with Gasteiger partial charge in [0.25, 0.3) is 0 Å². The molecule has 2 aliphatic rings. The van der Waals surface area contributed by atoms with E-state index in [2.05, 4.69) is 108 Å². The lowest BCUT2D eigenvalue weighted by Crippen LogP contribution is -2.22. The fourth-order valence-electron chi connectivity index (χ4n) is 7.74. The highest BCUT2D eigenvalue weighted by Gasteiger charge is 2.36. The van der Waals surface area contributed by atoms with Crippen LogP contribution in [0.1, 0.15) is 102 Å². The van der Waals surface area contributed by atoms with Crippen molar-refractivity contribution in [3.63, 3.8) is 0 Å². The summed E-state index contributed by atoms with van der Waals surface area (Å²) in [4.78, 5) is 21.8. The van der Waals surface area contributed by atoms with Crippen molar-refractivity contribution in [2.75, 3.05) is 0 Å². The molecule has 5 aromatic rings. The smallest absolute Gasteiger partial charge is 0.0775 e. The SMILES string of the molecule is CC1=C2N=c3c(cc4ccncc4c3=c3[nH]c(c(C)c3C)=C(C)c3[nH]c(c(C)c3C)C(C)c3[nH]c1c(C)c3C)C2(C)C. The van der Waals surface area contributed by atoms with E-state index in [0.717, 1.165) is 27.0 Å². The van der Waals surface area contributed by atoms with Crippen LogP contribution in [0.15, 0.2) is 35.2 Å². The zero-order chi connectivity index (χ0) is 30.0. The molecule has 0 saturated carbocycles. The van der Waals surface area contributed by atoms with Crippen LogP contribution in [0.25, 0.3) is 21.9 Å². The molecule has 0 spiro atoms. The number of aromatic amines is 3. The monoisotopic (exact) mass is 555 g/mol. The third kappa shape index (κ3) is 3.31. The van der Waals surface area contributed by atoms with Gasteiger partial charge in [0.2, 0.25) is 0 Å². The average molecular weight is 556 g/mol. The molecular weight excluding hydrogens is 514 g/mol. The van der Waals surface area contributed by atoms with E-state index in [1.807, 2.05) is 12.4 Å². The van der Waals surface area contributed by atoms with Gasteiger partial charge in [-0.1, -0.05) is 20.8 Å². The molecule has 0 aliphatic carbocycles. The number of fused-ring (bicyclic) bond motifs is 9. The number of nitrogens with zero attached hydrogens (tertiary/aromatic N) is 2. The third-order valence-electron chi connectivity index (χ3n) is 10.8. The minimum Gasteiger partial charge on any atom is -0.358 e. The third-order valence-corrected chi connectivity index (χ3v) is 10.8. The molecule has 6 heterocycles. The molecule has 0 saturated heterocycles. The van der Waals surface area contributed by atoms with Crippen molar-refractivity contribution >= 4 is 21.9 Å². The Balaban J connectivity index is 1.80. The first-order valence-electron chi connectivity index (χ1n) is 15.1. The molecule has 7 rings (SSSR count). The van der Waals surface area contributed by atoms with Crippen molar-refractivity contribution in [3.05, 3.63) is 113 Å². The summed E-state index contributed by atoms with van der Waals surface area (Å²) < 4.78 is 0. The van der Waals surface area contributed by atoms with Gasteiger partial charge in [0.1, 0.15) is 0 Å². The Bertz CT molecular complexity index is 2260. The maximum atomic E-state index is 5.53. The van der Waals surface area contributed by atoms with Crippen molar-refractivity contribution in [1.82, 2.24) is 19.9 Å². The van der Waals surface area contributed by atoms with E-state index in [9.17, 15) is 0 Å². The van der Waals surface area contributed by atoms with Crippen LogP contribution < -0.4 is 10.7 Å². The summed E-state index contributed by atoms with van der Waals surface area (Å²) >= 11 is 0. The Morgan fingerprint density at radius 3 is 1.95 bits per heavy atom. The molecule has 0 fully saturated rings. The number of H-pyrrole nitrogens is 3. The summed E-state index contributed by atoms with van der Waals surface area (Å²) in [6.07, 6.45) is 3.90. The second-order valence-electron chi connectivity index (χ2n) is 13.3. The minimum atomic E-state index is -0.265. The topological polar surface area (TPSA) is 72.6 Å². The quantitative estimate of drug-likeness (QED) is 0.183. The summed E-state index contributed by atoms with van der Waals surface area (Å²) in [6.45, 7) is 24.9. The Morgan fingerprint density at radius 2 is 1.31 bits per heavy atom. The molecule has 1 atom stereocenters. The second-order valence-corrected chi connectivity index (χ2v) is 13.3. The fourth-order valence-corrected chi connectivity index (χ4v) is 7.74. The molecule has 1 unspecified atom stereocenters. The number of hydrogen-bond acceptors (Lipinski definition) is 2. The molecule has 4 aromatic heterocycles. The Morgan fingerprint density at radius 1 is 0.714 bits per heavy atom. The summed E-state index contributed by atoms with van der Waals surface area (Å²) in [5.41, 5.74) is 17.3. The van der Waals surface area contributed by atoms with E-state index in [1.54, 1.807) is 0 Å². The van der Waals surface area contributed by atoms with Gasteiger partial charge in [0, 0.05) is 62.5 Å². The van der Waals surface area contributed by atoms with Crippen molar-refractivity contribution < 1.29 is 0 Å². The summed E-state index contributed by atoms with van der Waals surface area (Å²) in [5, 5.41) is 6.82. The van der Waals surface area contributed by atoms with E-state index in [0.29, 0.717) is 0 Å². The molecule has 214 valence electrons. The van der Waals surface area contributed by atoms with Gasteiger partial charge >= 0.3 is 0 Å². The zero-order valence-electron chi connectivity index (χ0n) is 26.8. The van der Waals surface area contributed by atoms with Gasteiger partial charge in [0.05, 0.1) is 16.4 Å². The first-order valence-corrected chi connectivity index (χ1v) is 15.1. The van der Waals surface area contributed by atoms with Gasteiger partial charge in [-0.05, 0) is 123 Å². The molecule has 8 bridgehead atoms. The van der Waals surface area contributed by atoms with Gasteiger partial charge in [-0.3, -0.25) is 9.98 Å². The second kappa shape index (κ2) is 8.70. The normalized spacial score (nSPS) is 17.4. The van der Waals surface area contributed by atoms with Crippen molar-refractivity contribution in [3.8, 4) is 0 Å². The lowest BCUT2D eigenvalue weighted by molar-refractivity contribution is 0.640. The lowest BCUT2D eigenvalue weighted by atomic mass is 9.80. The predicted octanol–water partition coefficient (Wildman–Crippen LogP) is 7.38. The summed E-state index contributed by atoms with van der Waals surface area (Å²) in [6, 6.07) is 4.47. The molecule has 0 radical (unpaired) electrons. The van der Waals surface area contributed by atoms with Crippen LogP contribution in [0.2, 0.25) is 0 Å². The molecule has 2 aliphatic heterocycles. The minimum absolute atomic E-state index is 0.195. The Hall–Kier alpha value is -4.12. The van der Waals surface area contributed by atoms with Gasteiger partial charge < -0.3 is 15.0 Å². The van der Waals surface area contributed by atoms with Crippen LogP contribution in [-0.4, -0.2) is 19.9 Å². The Labute approximate surface area is 247 Å². The number of pyridine rings is 1. The molecule has 0 amide bonds. The van der Waals surface area contributed by atoms with Crippen LogP contribution in [0.5, 0.6) is 0 Å². The largest absolute Gasteiger partial charge is 0.358 e. The highest BCUT2D eigenvalue weighted by Crippen LogP contribution is 2.42. The maximum Gasteiger partial charge on any atom is 0.0775 e. The van der Waals surface area contributed by atoms with Crippen LogP contribution in [0.3, 0.4) is 0 Å². The van der Waals surface area contributed by atoms with Crippen LogP contribution >= 0.6 is 0 Å². The highest BCUT2D eigenvalue weighted by molar-refractivity contribution is 5.84. The van der Waals surface area contributed by atoms with E-state index in [-0.39, 0.29) is 11.3 Å². The van der Waals surface area contributed by atoms with Crippen molar-refractivity contribution in [2.45, 2.75) is 87.5 Å². The van der Waals surface area contributed by atoms with Crippen LogP contribution in [0, 0.1) is 52.1 Å². The molecule has 5 nitrogen and oxygen atoms in total. The molecule has 3 N–H and O–H groups in total. The Kier molecular flexibility index (Phi) is 5.54. The number of nitrogens with one attached hydrogen (secondary N) is 3. The van der Waals surface area contributed by atoms with E-state index in [1.165, 1.54) is 83.6 Å². The van der Waals surface area contributed by atoms with Gasteiger partial charge in [-0.25, -0.2) is 0 Å². The molecular formula is C37H41N5. The summed E-state index contributed by atoms with van der Waals surface area (Å²) in [7, 11) is 0. The molecule has 42 heavy (non-hydrogen) atoms. The predicted molar refractivity (Wildman–Crippen MR) is 172 cm³/mol. The van der Waals surface area contributed by atoms with Gasteiger partial charge in [-0.15, -0.1) is 0 Å². The summed E-state index contributed by atoms with van der Waals surface area (Å²) in [5.74, 6) is 0.195. The number of rotatable bonds is 0. The molecule has 5 heteroatoms. The number of hydrogen-bond donors (Lipinski definition) is 3. The number of benzene rings is 1. The lowest BCUT2D eigenvalue weighted by Gasteiger charge is -2.23. The first-order chi connectivity index (χ1) is 19.8. The first kappa shape index (κ1) is 26.8. The van der Waals surface area contributed by atoms with E-state index >= 15 is 0 Å². The zero-order valence-corrected chi connectivity index (χ0v) is 26.8. The van der Waals surface area contributed by atoms with Gasteiger partial charge in [-0.2, -0.15) is 0 Å². The van der Waals surface area contributed by atoms with Crippen LogP contribution in [-0.2, 0) is 5.41 Å². The average Bonchev–Trinajstić information content (AvgIpc) is 3.62. The molecule has 1 aromatic carbocycles. The number of allylic oxidation sites excluding steroid dienone is 2. The van der Waals surface area contributed by atoms with Crippen molar-refractivity contribution in [2.24, 2.45) is 4.99 Å². The van der Waals surface area contributed by atoms with E-state index in [4.69, 9.17) is 4.99 Å². The number of aromatic nitrogens is 4. The fraction of sp³-hybridized carbons (Fsp3) is 0.351. The van der Waals surface area contributed by atoms with E-state index < -0.39 is 0 Å². The highest BCUT2D eigenvalue weighted by atomic mass is 14.9. The van der Waals surface area contributed by atoms with Crippen LogP contribution in [0.4, 0.5) is 0 Å². The van der Waals surface area contributed by atoms with Crippen molar-refractivity contribution in [1.29, 1.82) is 0 Å². The van der Waals surface area contributed by atoms with Gasteiger partial charge in [0.15, 0.2) is 0 Å². The standard InChI is InChI=1S/C37H41N5/c1-16-17(2)30-23(8)32-20(5)21(6)34(41-32)28-26-15-38-13-12-25(26)14-27-35(28)42-36(37(27,10)11)24(9)33-19(4)18(3)31(40-33)22(7)29(16)39-30/h12-15,22,39-41H,1-11H3. The maximum absolute atomic E-state index is 5.53.